The number of aromatic nitrogens is 6. The van der Waals surface area contributed by atoms with E-state index in [2.05, 4.69) is 29.9 Å². The van der Waals surface area contributed by atoms with Crippen molar-refractivity contribution in [2.75, 3.05) is 26.1 Å². The topological polar surface area (TPSA) is 143 Å². The Balaban J connectivity index is 1.84. The third-order valence-corrected chi connectivity index (χ3v) is 8.00. The van der Waals surface area contributed by atoms with Crippen molar-refractivity contribution >= 4 is 16.0 Å². The largest absolute Gasteiger partial charge is 0.494 e. The molecule has 0 aliphatic carbocycles. The molecule has 4 rings (SSSR count). The maximum absolute atomic E-state index is 13.6. The molecule has 0 amide bonds. The summed E-state index contributed by atoms with van der Waals surface area (Å²) >= 11 is 0. The second-order valence-electron chi connectivity index (χ2n) is 8.48. The summed E-state index contributed by atoms with van der Waals surface area (Å²) < 4.78 is 47.7. The van der Waals surface area contributed by atoms with Gasteiger partial charge in [-0.1, -0.05) is 19.1 Å². The van der Waals surface area contributed by atoms with Crippen LogP contribution in [0.1, 0.15) is 31.2 Å². The van der Waals surface area contributed by atoms with Crippen LogP contribution in [0.5, 0.6) is 17.4 Å². The van der Waals surface area contributed by atoms with Gasteiger partial charge < -0.3 is 14.2 Å². The molecule has 3 aromatic heterocycles. The monoisotopic (exact) mass is 539 g/mol. The number of methoxy groups -OCH3 is 3. The Morgan fingerprint density at radius 2 is 1.58 bits per heavy atom. The summed E-state index contributed by atoms with van der Waals surface area (Å²) in [4.78, 5) is 13.1. The van der Waals surface area contributed by atoms with Crippen LogP contribution in [0.25, 0.3) is 17.2 Å². The molecular formula is C25H29N7O5S. The highest BCUT2D eigenvalue weighted by molar-refractivity contribution is 7.93. The lowest BCUT2D eigenvalue weighted by Crippen LogP contribution is -2.31. The Bertz CT molecular complexity index is 1500. The van der Waals surface area contributed by atoms with E-state index in [-0.39, 0.29) is 11.8 Å². The number of aryl methyl sites for hydroxylation is 1. The molecular weight excluding hydrogens is 510 g/mol. The number of rotatable bonds is 10. The molecule has 38 heavy (non-hydrogen) atoms. The average Bonchev–Trinajstić information content (AvgIpc) is 3.34. The fourth-order valence-electron chi connectivity index (χ4n) is 3.80. The predicted octanol–water partition coefficient (Wildman–Crippen LogP) is 3.39. The van der Waals surface area contributed by atoms with Crippen LogP contribution in [0, 0.1) is 6.92 Å². The van der Waals surface area contributed by atoms with Crippen molar-refractivity contribution < 1.29 is 22.6 Å². The lowest BCUT2D eigenvalue weighted by Gasteiger charge is -2.21. The van der Waals surface area contributed by atoms with E-state index in [1.54, 1.807) is 62.6 Å². The molecule has 0 spiro atoms. The molecule has 0 aliphatic rings. The molecule has 2 atom stereocenters. The van der Waals surface area contributed by atoms with Gasteiger partial charge in [-0.05, 0) is 32.0 Å². The van der Waals surface area contributed by atoms with E-state index >= 15 is 0 Å². The summed E-state index contributed by atoms with van der Waals surface area (Å²) in [5, 5.41) is 7.58. The van der Waals surface area contributed by atoms with Crippen LogP contribution in [0.4, 0.5) is 5.95 Å². The minimum Gasteiger partial charge on any atom is -0.494 e. The zero-order chi connectivity index (χ0) is 27.4. The Labute approximate surface area is 221 Å². The molecule has 0 radical (unpaired) electrons. The molecule has 3 heterocycles. The highest BCUT2D eigenvalue weighted by Crippen LogP contribution is 2.38. The predicted molar refractivity (Wildman–Crippen MR) is 141 cm³/mol. The molecule has 13 heteroatoms. The number of ether oxygens (including phenoxy) is 3. The van der Waals surface area contributed by atoms with E-state index in [0.717, 1.165) is 5.69 Å². The van der Waals surface area contributed by atoms with E-state index in [9.17, 15) is 8.42 Å². The highest BCUT2D eigenvalue weighted by Gasteiger charge is 2.32. The zero-order valence-electron chi connectivity index (χ0n) is 21.9. The van der Waals surface area contributed by atoms with Gasteiger partial charge in [-0.3, -0.25) is 19.3 Å². The lowest BCUT2D eigenvalue weighted by atomic mass is 10.1. The number of pyridine rings is 1. The smallest absolute Gasteiger partial charge is 0.243 e. The molecule has 0 saturated heterocycles. The van der Waals surface area contributed by atoms with Gasteiger partial charge in [0.1, 0.15) is 22.9 Å². The second kappa shape index (κ2) is 11.0. The summed E-state index contributed by atoms with van der Waals surface area (Å²) in [6.07, 6.45) is 3.19. The van der Waals surface area contributed by atoms with Crippen molar-refractivity contribution in [1.29, 1.82) is 0 Å². The number of nitrogens with one attached hydrogen (secondary N) is 1. The third kappa shape index (κ3) is 5.23. The second-order valence-corrected chi connectivity index (χ2v) is 10.5. The number of para-hydroxylation sites is 1. The summed E-state index contributed by atoms with van der Waals surface area (Å²) in [5.41, 5.74) is 2.09. The SMILES string of the molecule is COc1cccc(-c2nnc(NS(=O)(=O)[C@H](C)[C@@H](C)c3cnc(C)cn3)n2-c2c(OC)cccc2OC)n1. The first-order chi connectivity index (χ1) is 18.2. The van der Waals surface area contributed by atoms with Crippen LogP contribution in [-0.2, 0) is 10.0 Å². The van der Waals surface area contributed by atoms with Gasteiger partial charge in [-0.2, -0.15) is 0 Å². The number of nitrogens with zero attached hydrogens (tertiary/aromatic N) is 6. The van der Waals surface area contributed by atoms with Gasteiger partial charge in [0.25, 0.3) is 0 Å². The van der Waals surface area contributed by atoms with E-state index in [1.165, 1.54) is 25.9 Å². The van der Waals surface area contributed by atoms with Crippen LogP contribution in [0.3, 0.4) is 0 Å². The first kappa shape index (κ1) is 26.8. The van der Waals surface area contributed by atoms with Crippen LogP contribution in [0.2, 0.25) is 0 Å². The maximum Gasteiger partial charge on any atom is 0.243 e. The van der Waals surface area contributed by atoms with Crippen LogP contribution in [-0.4, -0.2) is 64.7 Å². The fourth-order valence-corrected chi connectivity index (χ4v) is 5.05. The molecule has 1 N–H and O–H groups in total. The number of anilines is 1. The lowest BCUT2D eigenvalue weighted by molar-refractivity contribution is 0.391. The molecule has 0 unspecified atom stereocenters. The maximum atomic E-state index is 13.6. The Morgan fingerprint density at radius 3 is 2.18 bits per heavy atom. The number of hydrogen-bond acceptors (Lipinski definition) is 10. The van der Waals surface area contributed by atoms with E-state index in [1.807, 2.05) is 6.92 Å². The van der Waals surface area contributed by atoms with Crippen molar-refractivity contribution in [2.45, 2.75) is 31.9 Å². The molecule has 0 fully saturated rings. The van der Waals surface area contributed by atoms with E-state index < -0.39 is 21.2 Å². The molecule has 4 aromatic rings. The Kier molecular flexibility index (Phi) is 7.76. The molecule has 0 aliphatic heterocycles. The van der Waals surface area contributed by atoms with Gasteiger partial charge in [-0.25, -0.2) is 13.4 Å². The van der Waals surface area contributed by atoms with Crippen molar-refractivity contribution in [3.63, 3.8) is 0 Å². The summed E-state index contributed by atoms with van der Waals surface area (Å²) in [5.74, 6) is 0.885. The normalized spacial score (nSPS) is 13.0. The van der Waals surface area contributed by atoms with Crippen molar-refractivity contribution in [2.24, 2.45) is 0 Å². The minimum atomic E-state index is -3.99. The molecule has 200 valence electrons. The zero-order valence-corrected chi connectivity index (χ0v) is 22.7. The molecule has 1 aromatic carbocycles. The molecule has 0 saturated carbocycles. The minimum absolute atomic E-state index is 0.0681. The summed E-state index contributed by atoms with van der Waals surface area (Å²) in [6.45, 7) is 5.20. The first-order valence-electron chi connectivity index (χ1n) is 11.7. The Morgan fingerprint density at radius 1 is 0.895 bits per heavy atom. The van der Waals surface area contributed by atoms with Crippen LogP contribution < -0.4 is 18.9 Å². The summed E-state index contributed by atoms with van der Waals surface area (Å²) in [6, 6.07) is 10.3. The van der Waals surface area contributed by atoms with E-state index in [4.69, 9.17) is 14.2 Å². The summed E-state index contributed by atoms with van der Waals surface area (Å²) in [7, 11) is 0.515. The van der Waals surface area contributed by atoms with Crippen molar-refractivity contribution in [3.8, 4) is 34.6 Å². The quantitative estimate of drug-likeness (QED) is 0.318. The van der Waals surface area contributed by atoms with Gasteiger partial charge in [0.2, 0.25) is 21.9 Å². The fraction of sp³-hybridized carbons (Fsp3) is 0.320. The van der Waals surface area contributed by atoms with Gasteiger partial charge in [-0.15, -0.1) is 10.2 Å². The van der Waals surface area contributed by atoms with Gasteiger partial charge in [0, 0.05) is 24.4 Å². The highest BCUT2D eigenvalue weighted by atomic mass is 32.2. The number of benzene rings is 1. The van der Waals surface area contributed by atoms with Gasteiger partial charge in [0.15, 0.2) is 5.82 Å². The number of hydrogen-bond donors (Lipinski definition) is 1. The molecule has 0 bridgehead atoms. The Hall–Kier alpha value is -4.26. The van der Waals surface area contributed by atoms with Crippen molar-refractivity contribution in [1.82, 2.24) is 29.7 Å². The third-order valence-electron chi connectivity index (χ3n) is 6.14. The van der Waals surface area contributed by atoms with Crippen LogP contribution in [0.15, 0.2) is 48.8 Å². The number of sulfonamides is 1. The van der Waals surface area contributed by atoms with Crippen molar-refractivity contribution in [3.05, 3.63) is 60.2 Å². The van der Waals surface area contributed by atoms with Gasteiger partial charge >= 0.3 is 0 Å². The standard InChI is InChI=1S/C25H29N7O5S/c1-15-13-27-19(14-26-15)16(2)17(3)38(33,34)31-25-30-29-24(18-9-7-12-22(28-18)37-6)32(25)23-20(35-4)10-8-11-21(23)36-5/h7-14,16-17H,1-6H3,(H,30,31)/t16-,17-/m1/s1. The molecule has 12 nitrogen and oxygen atoms in total. The first-order valence-corrected chi connectivity index (χ1v) is 13.2. The van der Waals surface area contributed by atoms with E-state index in [0.29, 0.717) is 34.5 Å². The average molecular weight is 540 g/mol. The van der Waals surface area contributed by atoms with Gasteiger partial charge in [0.05, 0.1) is 38.0 Å². The van der Waals surface area contributed by atoms with Crippen LogP contribution >= 0.6 is 0 Å².